The molecule has 0 saturated carbocycles. The first-order valence-corrected chi connectivity index (χ1v) is 8.43. The molecule has 0 unspecified atom stereocenters. The zero-order valence-electron chi connectivity index (χ0n) is 13.5. The van der Waals surface area contributed by atoms with E-state index in [-0.39, 0.29) is 5.91 Å². The molecule has 0 aliphatic carbocycles. The molecule has 2 heterocycles. The van der Waals surface area contributed by atoms with E-state index in [0.717, 1.165) is 31.5 Å². The molecule has 1 aromatic heterocycles. The molecule has 4 heteroatoms. The molecule has 1 amide bonds. The second-order valence-corrected chi connectivity index (χ2v) is 6.48. The smallest absolute Gasteiger partial charge is 0.253 e. The Labute approximate surface area is 141 Å². The number of benzene rings is 2. The summed E-state index contributed by atoms with van der Waals surface area (Å²) in [6, 6.07) is 15.6. The number of carbonyl (C=O) groups excluding carboxylic acids is 1. The first-order chi connectivity index (χ1) is 11.7. The van der Waals surface area contributed by atoms with E-state index < -0.39 is 0 Å². The van der Waals surface area contributed by atoms with Gasteiger partial charge in [0, 0.05) is 41.4 Å². The van der Waals surface area contributed by atoms with Crippen LogP contribution in [0.25, 0.3) is 10.9 Å². The molecule has 122 valence electrons. The summed E-state index contributed by atoms with van der Waals surface area (Å²) < 4.78 is 0. The molecule has 0 spiro atoms. The molecule has 4 nitrogen and oxygen atoms in total. The van der Waals surface area contributed by atoms with Gasteiger partial charge in [-0.3, -0.25) is 4.79 Å². The van der Waals surface area contributed by atoms with Crippen LogP contribution in [0.2, 0.25) is 0 Å². The lowest BCUT2D eigenvalue weighted by Gasteiger charge is -2.32. The number of hydrogen-bond acceptors (Lipinski definition) is 2. The van der Waals surface area contributed by atoms with Gasteiger partial charge in [0.05, 0.1) is 0 Å². The third-order valence-corrected chi connectivity index (χ3v) is 5.00. The van der Waals surface area contributed by atoms with Crippen LogP contribution in [0.15, 0.2) is 54.7 Å². The number of piperidine rings is 1. The van der Waals surface area contributed by atoms with Gasteiger partial charge in [0.2, 0.25) is 0 Å². The van der Waals surface area contributed by atoms with Crippen LogP contribution in [0.4, 0.5) is 5.69 Å². The van der Waals surface area contributed by atoms with E-state index in [9.17, 15) is 4.79 Å². The number of anilines is 1. The Morgan fingerprint density at radius 2 is 1.75 bits per heavy atom. The molecule has 4 rings (SSSR count). The Morgan fingerprint density at radius 3 is 2.50 bits per heavy atom. The van der Waals surface area contributed by atoms with Gasteiger partial charge in [0.25, 0.3) is 5.91 Å². The largest absolute Gasteiger partial charge is 0.399 e. The second kappa shape index (κ2) is 6.04. The summed E-state index contributed by atoms with van der Waals surface area (Å²) in [5, 5.41) is 1.31. The van der Waals surface area contributed by atoms with Crippen molar-refractivity contribution < 1.29 is 4.79 Å². The molecule has 0 atom stereocenters. The highest BCUT2D eigenvalue weighted by Crippen LogP contribution is 2.33. The number of aromatic nitrogens is 1. The van der Waals surface area contributed by atoms with Crippen molar-refractivity contribution in [2.75, 3.05) is 18.8 Å². The summed E-state index contributed by atoms with van der Waals surface area (Å²) in [5.74, 6) is 0.615. The average Bonchev–Trinajstić information content (AvgIpc) is 3.06. The Hall–Kier alpha value is -2.75. The van der Waals surface area contributed by atoms with Gasteiger partial charge < -0.3 is 15.6 Å². The van der Waals surface area contributed by atoms with Crippen molar-refractivity contribution in [3.05, 3.63) is 65.9 Å². The number of nitrogens with zero attached hydrogens (tertiary/aromatic N) is 1. The van der Waals surface area contributed by atoms with Gasteiger partial charge in [-0.2, -0.15) is 0 Å². The number of fused-ring (bicyclic) bond motifs is 1. The fraction of sp³-hybridized carbons (Fsp3) is 0.250. The highest BCUT2D eigenvalue weighted by atomic mass is 16.2. The quantitative estimate of drug-likeness (QED) is 0.706. The van der Waals surface area contributed by atoms with Gasteiger partial charge in [-0.15, -0.1) is 0 Å². The van der Waals surface area contributed by atoms with Crippen LogP contribution in [-0.2, 0) is 0 Å². The zero-order chi connectivity index (χ0) is 16.5. The van der Waals surface area contributed by atoms with Crippen molar-refractivity contribution in [2.24, 2.45) is 0 Å². The van der Waals surface area contributed by atoms with Crippen LogP contribution in [0, 0.1) is 0 Å². The number of nitrogens with two attached hydrogens (primary N) is 1. The van der Waals surface area contributed by atoms with Gasteiger partial charge in [-0.25, -0.2) is 0 Å². The number of para-hydroxylation sites is 1. The maximum absolute atomic E-state index is 12.6. The van der Waals surface area contributed by atoms with E-state index in [1.54, 1.807) is 12.1 Å². The highest BCUT2D eigenvalue weighted by molar-refractivity contribution is 5.94. The number of carbonyl (C=O) groups is 1. The number of nitrogens with one attached hydrogen (secondary N) is 1. The Bertz CT molecular complexity index is 858. The lowest BCUT2D eigenvalue weighted by Crippen LogP contribution is -2.37. The molecular formula is C20H21N3O. The first kappa shape index (κ1) is 14.8. The van der Waals surface area contributed by atoms with Crippen molar-refractivity contribution in [3.8, 4) is 0 Å². The Balaban J connectivity index is 1.47. The van der Waals surface area contributed by atoms with Gasteiger partial charge >= 0.3 is 0 Å². The van der Waals surface area contributed by atoms with E-state index in [1.807, 2.05) is 17.0 Å². The van der Waals surface area contributed by atoms with Gasteiger partial charge in [-0.1, -0.05) is 18.2 Å². The van der Waals surface area contributed by atoms with Crippen molar-refractivity contribution in [1.82, 2.24) is 9.88 Å². The number of amides is 1. The van der Waals surface area contributed by atoms with Crippen molar-refractivity contribution in [1.29, 1.82) is 0 Å². The minimum absolute atomic E-state index is 0.104. The first-order valence-electron chi connectivity index (χ1n) is 8.43. The van der Waals surface area contributed by atoms with E-state index in [1.165, 1.54) is 16.5 Å². The maximum atomic E-state index is 12.6. The lowest BCUT2D eigenvalue weighted by molar-refractivity contribution is 0.0713. The molecule has 0 bridgehead atoms. The van der Waals surface area contributed by atoms with Crippen molar-refractivity contribution in [3.63, 3.8) is 0 Å². The third kappa shape index (κ3) is 2.64. The van der Waals surface area contributed by atoms with Crippen LogP contribution >= 0.6 is 0 Å². The Morgan fingerprint density at radius 1 is 1.04 bits per heavy atom. The fourth-order valence-corrected chi connectivity index (χ4v) is 3.63. The summed E-state index contributed by atoms with van der Waals surface area (Å²) in [5.41, 5.74) is 9.67. The van der Waals surface area contributed by atoms with Crippen LogP contribution in [-0.4, -0.2) is 28.9 Å². The molecule has 1 aliphatic rings. The Kier molecular flexibility index (Phi) is 3.73. The summed E-state index contributed by atoms with van der Waals surface area (Å²) >= 11 is 0. The maximum Gasteiger partial charge on any atom is 0.253 e. The molecule has 3 N–H and O–H groups in total. The molecular weight excluding hydrogens is 298 g/mol. The summed E-state index contributed by atoms with van der Waals surface area (Å²) in [6.07, 6.45) is 4.14. The molecule has 2 aromatic carbocycles. The molecule has 0 radical (unpaired) electrons. The monoisotopic (exact) mass is 319 g/mol. The molecule has 1 aliphatic heterocycles. The molecule has 3 aromatic rings. The zero-order valence-corrected chi connectivity index (χ0v) is 13.5. The summed E-state index contributed by atoms with van der Waals surface area (Å²) in [6.45, 7) is 1.60. The van der Waals surface area contributed by atoms with Crippen LogP contribution in [0.1, 0.15) is 34.7 Å². The number of aromatic amines is 1. The number of H-pyrrole nitrogens is 1. The summed E-state index contributed by atoms with van der Waals surface area (Å²) in [4.78, 5) is 17.9. The van der Waals surface area contributed by atoms with Gasteiger partial charge in [-0.05, 0) is 54.7 Å². The summed E-state index contributed by atoms with van der Waals surface area (Å²) in [7, 11) is 0. The van der Waals surface area contributed by atoms with Crippen LogP contribution < -0.4 is 5.73 Å². The fourth-order valence-electron chi connectivity index (χ4n) is 3.63. The average molecular weight is 319 g/mol. The van der Waals surface area contributed by atoms with E-state index in [0.29, 0.717) is 11.6 Å². The number of likely N-dealkylation sites (tertiary alicyclic amines) is 1. The van der Waals surface area contributed by atoms with E-state index in [4.69, 9.17) is 5.73 Å². The SMILES string of the molecule is Nc1ccc(C(=O)N2CCC(c3c[nH]c4ccccc34)CC2)cc1. The number of hydrogen-bond donors (Lipinski definition) is 2. The number of nitrogen functional groups attached to an aromatic ring is 1. The number of rotatable bonds is 2. The van der Waals surface area contributed by atoms with Crippen LogP contribution in [0.3, 0.4) is 0 Å². The standard InChI is InChI=1S/C20H21N3O/c21-16-7-5-15(6-8-16)20(24)23-11-9-14(10-12-23)18-13-22-19-4-2-1-3-17(18)19/h1-8,13-14,22H,9-12,21H2. The molecule has 1 saturated heterocycles. The molecule has 1 fully saturated rings. The van der Waals surface area contributed by atoms with Crippen LogP contribution in [0.5, 0.6) is 0 Å². The van der Waals surface area contributed by atoms with E-state index in [2.05, 4.69) is 35.4 Å². The highest BCUT2D eigenvalue weighted by Gasteiger charge is 2.25. The van der Waals surface area contributed by atoms with Crippen molar-refractivity contribution in [2.45, 2.75) is 18.8 Å². The lowest BCUT2D eigenvalue weighted by atomic mass is 9.89. The minimum atomic E-state index is 0.104. The normalized spacial score (nSPS) is 15.8. The minimum Gasteiger partial charge on any atom is -0.399 e. The predicted molar refractivity (Wildman–Crippen MR) is 97.0 cm³/mol. The third-order valence-electron chi connectivity index (χ3n) is 5.00. The molecule has 24 heavy (non-hydrogen) atoms. The van der Waals surface area contributed by atoms with Gasteiger partial charge in [0.15, 0.2) is 0 Å². The predicted octanol–water partition coefficient (Wildman–Crippen LogP) is 3.77. The second-order valence-electron chi connectivity index (χ2n) is 6.48. The van der Waals surface area contributed by atoms with Gasteiger partial charge in [0.1, 0.15) is 0 Å². The van der Waals surface area contributed by atoms with E-state index >= 15 is 0 Å². The van der Waals surface area contributed by atoms with Crippen molar-refractivity contribution >= 4 is 22.5 Å². The topological polar surface area (TPSA) is 62.1 Å².